The zero-order valence-electron chi connectivity index (χ0n) is 10.7. The molecule has 0 radical (unpaired) electrons. The second-order valence-corrected chi connectivity index (χ2v) is 4.93. The Morgan fingerprint density at radius 1 is 1.56 bits per heavy atom. The summed E-state index contributed by atoms with van der Waals surface area (Å²) in [6, 6.07) is 5.13. The molecule has 98 valence electrons. The van der Waals surface area contributed by atoms with Crippen LogP contribution >= 0.6 is 11.8 Å². The van der Waals surface area contributed by atoms with E-state index in [2.05, 4.69) is 11.2 Å². The summed E-state index contributed by atoms with van der Waals surface area (Å²) in [4.78, 5) is 0. The number of benzene rings is 1. The van der Waals surface area contributed by atoms with Crippen molar-refractivity contribution in [2.45, 2.75) is 13.0 Å². The SMILES string of the molecule is C#CCSCCNC(C)c1ccc(OC)c(F)c1. The molecule has 0 aromatic heterocycles. The van der Waals surface area contributed by atoms with Gasteiger partial charge in [0, 0.05) is 18.3 Å². The van der Waals surface area contributed by atoms with Crippen molar-refractivity contribution in [3.8, 4) is 18.1 Å². The summed E-state index contributed by atoms with van der Waals surface area (Å²) in [5.74, 6) is 4.21. The number of hydrogen-bond acceptors (Lipinski definition) is 3. The van der Waals surface area contributed by atoms with Gasteiger partial charge in [0.15, 0.2) is 11.6 Å². The third kappa shape index (κ3) is 4.59. The van der Waals surface area contributed by atoms with E-state index in [0.29, 0.717) is 0 Å². The summed E-state index contributed by atoms with van der Waals surface area (Å²) < 4.78 is 18.4. The van der Waals surface area contributed by atoms with E-state index in [4.69, 9.17) is 11.2 Å². The fourth-order valence-corrected chi connectivity index (χ4v) is 2.07. The zero-order chi connectivity index (χ0) is 13.4. The maximum atomic E-state index is 13.5. The number of rotatable bonds is 7. The second-order valence-electron chi connectivity index (χ2n) is 3.83. The first-order valence-electron chi connectivity index (χ1n) is 5.77. The third-order valence-corrected chi connectivity index (χ3v) is 3.42. The monoisotopic (exact) mass is 267 g/mol. The van der Waals surface area contributed by atoms with Gasteiger partial charge in [0.05, 0.1) is 12.9 Å². The van der Waals surface area contributed by atoms with E-state index in [-0.39, 0.29) is 17.6 Å². The topological polar surface area (TPSA) is 21.3 Å². The molecule has 0 aliphatic rings. The molecule has 0 aliphatic carbocycles. The standard InChI is InChI=1S/C14H18FNOS/c1-4-8-18-9-7-16-11(2)12-5-6-14(17-3)13(15)10-12/h1,5-6,10-11,16H,7-9H2,2-3H3. The Labute approximate surface area is 112 Å². The van der Waals surface area contributed by atoms with Crippen LogP contribution in [0.5, 0.6) is 5.75 Å². The van der Waals surface area contributed by atoms with Crippen molar-refractivity contribution in [2.75, 3.05) is 25.2 Å². The molecular formula is C14H18FNOS. The molecule has 0 saturated carbocycles. The van der Waals surface area contributed by atoms with Crippen LogP contribution in [0.3, 0.4) is 0 Å². The Bertz CT molecular complexity index is 417. The van der Waals surface area contributed by atoms with E-state index in [9.17, 15) is 4.39 Å². The largest absolute Gasteiger partial charge is 0.494 e. The van der Waals surface area contributed by atoms with Crippen molar-refractivity contribution in [3.63, 3.8) is 0 Å². The molecule has 4 heteroatoms. The highest BCUT2D eigenvalue weighted by molar-refractivity contribution is 7.99. The van der Waals surface area contributed by atoms with Gasteiger partial charge in [-0.05, 0) is 24.6 Å². The normalized spacial score (nSPS) is 11.9. The molecule has 0 saturated heterocycles. The lowest BCUT2D eigenvalue weighted by Gasteiger charge is -2.14. The van der Waals surface area contributed by atoms with Crippen LogP contribution in [0.15, 0.2) is 18.2 Å². The van der Waals surface area contributed by atoms with E-state index < -0.39 is 0 Å². The van der Waals surface area contributed by atoms with Gasteiger partial charge in [-0.1, -0.05) is 12.0 Å². The van der Waals surface area contributed by atoms with Crippen LogP contribution in [0.25, 0.3) is 0 Å². The highest BCUT2D eigenvalue weighted by Gasteiger charge is 2.08. The molecule has 1 aromatic rings. The van der Waals surface area contributed by atoms with Crippen LogP contribution in [0.4, 0.5) is 4.39 Å². The summed E-state index contributed by atoms with van der Waals surface area (Å²) in [6.45, 7) is 2.86. The van der Waals surface area contributed by atoms with Crippen LogP contribution < -0.4 is 10.1 Å². The van der Waals surface area contributed by atoms with Crippen LogP contribution in [0, 0.1) is 18.2 Å². The lowest BCUT2D eigenvalue weighted by molar-refractivity contribution is 0.385. The van der Waals surface area contributed by atoms with Crippen LogP contribution in [-0.4, -0.2) is 25.2 Å². The number of thioether (sulfide) groups is 1. The summed E-state index contributed by atoms with van der Waals surface area (Å²) in [6.07, 6.45) is 5.16. The smallest absolute Gasteiger partial charge is 0.165 e. The zero-order valence-corrected chi connectivity index (χ0v) is 11.5. The fourth-order valence-electron chi connectivity index (χ4n) is 1.55. The Balaban J connectivity index is 2.44. The minimum Gasteiger partial charge on any atom is -0.494 e. The van der Waals surface area contributed by atoms with Crippen molar-refractivity contribution in [2.24, 2.45) is 0 Å². The van der Waals surface area contributed by atoms with Crippen LogP contribution in [0.2, 0.25) is 0 Å². The molecule has 1 unspecified atom stereocenters. The Morgan fingerprint density at radius 2 is 2.33 bits per heavy atom. The second kappa shape index (κ2) is 8.02. The third-order valence-electron chi connectivity index (χ3n) is 2.56. The average Bonchev–Trinajstić information content (AvgIpc) is 2.38. The molecule has 0 aliphatic heterocycles. The molecule has 1 atom stereocenters. The molecular weight excluding hydrogens is 249 g/mol. The molecule has 0 amide bonds. The minimum absolute atomic E-state index is 0.108. The van der Waals surface area contributed by atoms with E-state index in [1.807, 2.05) is 13.0 Å². The van der Waals surface area contributed by atoms with Crippen molar-refractivity contribution in [3.05, 3.63) is 29.6 Å². The van der Waals surface area contributed by atoms with Gasteiger partial charge in [-0.15, -0.1) is 18.2 Å². The quantitative estimate of drug-likeness (QED) is 0.606. The highest BCUT2D eigenvalue weighted by atomic mass is 32.2. The van der Waals surface area contributed by atoms with Gasteiger partial charge in [-0.2, -0.15) is 0 Å². The lowest BCUT2D eigenvalue weighted by Crippen LogP contribution is -2.21. The van der Waals surface area contributed by atoms with Crippen molar-refractivity contribution >= 4 is 11.8 Å². The first-order chi connectivity index (χ1) is 8.69. The van der Waals surface area contributed by atoms with E-state index >= 15 is 0 Å². The van der Waals surface area contributed by atoms with Gasteiger partial charge in [0.25, 0.3) is 0 Å². The van der Waals surface area contributed by atoms with Crippen molar-refractivity contribution < 1.29 is 9.13 Å². The number of halogens is 1. The predicted octanol–water partition coefficient (Wildman–Crippen LogP) is 2.85. The van der Waals surface area contributed by atoms with Gasteiger partial charge in [0.1, 0.15) is 0 Å². The average molecular weight is 267 g/mol. The number of ether oxygens (including phenoxy) is 1. The number of hydrogen-bond donors (Lipinski definition) is 1. The Morgan fingerprint density at radius 3 is 2.94 bits per heavy atom. The number of nitrogens with one attached hydrogen (secondary N) is 1. The highest BCUT2D eigenvalue weighted by Crippen LogP contribution is 2.21. The van der Waals surface area contributed by atoms with Crippen molar-refractivity contribution in [1.82, 2.24) is 5.32 Å². The maximum Gasteiger partial charge on any atom is 0.165 e. The molecule has 2 nitrogen and oxygen atoms in total. The number of terminal acetylenes is 1. The molecule has 1 N–H and O–H groups in total. The molecule has 1 rings (SSSR count). The first kappa shape index (κ1) is 14.9. The van der Waals surface area contributed by atoms with Crippen LogP contribution in [0.1, 0.15) is 18.5 Å². The van der Waals surface area contributed by atoms with Gasteiger partial charge in [-0.3, -0.25) is 0 Å². The molecule has 18 heavy (non-hydrogen) atoms. The molecule has 0 fully saturated rings. The van der Waals surface area contributed by atoms with E-state index in [0.717, 1.165) is 23.6 Å². The predicted molar refractivity (Wildman–Crippen MR) is 75.5 cm³/mol. The Hall–Kier alpha value is -1.18. The van der Waals surface area contributed by atoms with E-state index in [1.54, 1.807) is 17.8 Å². The van der Waals surface area contributed by atoms with Crippen molar-refractivity contribution in [1.29, 1.82) is 0 Å². The van der Waals surface area contributed by atoms with Crippen LogP contribution in [-0.2, 0) is 0 Å². The molecule has 0 bridgehead atoms. The van der Waals surface area contributed by atoms with E-state index in [1.165, 1.54) is 13.2 Å². The first-order valence-corrected chi connectivity index (χ1v) is 6.92. The minimum atomic E-state index is -0.328. The molecule has 1 aromatic carbocycles. The van der Waals surface area contributed by atoms with Gasteiger partial charge in [-0.25, -0.2) is 4.39 Å². The lowest BCUT2D eigenvalue weighted by atomic mass is 10.1. The summed E-state index contributed by atoms with van der Waals surface area (Å²) in [5, 5.41) is 3.33. The van der Waals surface area contributed by atoms with Gasteiger partial charge >= 0.3 is 0 Å². The molecule has 0 spiro atoms. The molecule has 0 heterocycles. The number of methoxy groups -OCH3 is 1. The summed E-state index contributed by atoms with van der Waals surface area (Å²) in [5.41, 5.74) is 0.912. The Kier molecular flexibility index (Phi) is 6.63. The maximum absolute atomic E-state index is 13.5. The van der Waals surface area contributed by atoms with Gasteiger partial charge in [0.2, 0.25) is 0 Å². The van der Waals surface area contributed by atoms with Gasteiger partial charge < -0.3 is 10.1 Å². The summed E-state index contributed by atoms with van der Waals surface area (Å²) in [7, 11) is 1.46. The fraction of sp³-hybridized carbons (Fsp3) is 0.429. The summed E-state index contributed by atoms with van der Waals surface area (Å²) >= 11 is 1.71.